The normalized spacial score (nSPS) is 16.5. The summed E-state index contributed by atoms with van der Waals surface area (Å²) in [4.78, 5) is 13.0. The van der Waals surface area contributed by atoms with Gasteiger partial charge in [-0.1, -0.05) is 25.7 Å². The molecule has 10 nitrogen and oxygen atoms in total. The third-order valence-corrected chi connectivity index (χ3v) is 8.02. The summed E-state index contributed by atoms with van der Waals surface area (Å²) < 4.78 is 15.5. The van der Waals surface area contributed by atoms with Crippen LogP contribution in [0, 0.1) is 0 Å². The molecule has 0 bridgehead atoms. The van der Waals surface area contributed by atoms with Gasteiger partial charge < -0.3 is 14.8 Å². The van der Waals surface area contributed by atoms with Gasteiger partial charge in [0.25, 0.3) is 5.91 Å². The fourth-order valence-electron chi connectivity index (χ4n) is 4.24. The van der Waals surface area contributed by atoms with Gasteiger partial charge in [0.15, 0.2) is 5.69 Å². The summed E-state index contributed by atoms with van der Waals surface area (Å²) in [5.74, 6) is -0.294. The van der Waals surface area contributed by atoms with E-state index in [2.05, 4.69) is 45.4 Å². The van der Waals surface area contributed by atoms with Crippen molar-refractivity contribution in [3.8, 4) is 11.1 Å². The van der Waals surface area contributed by atoms with Crippen molar-refractivity contribution in [1.29, 1.82) is 0 Å². The Kier molecular flexibility index (Phi) is 7.03. The highest BCUT2D eigenvalue weighted by Crippen LogP contribution is 2.29. The molecule has 1 fully saturated rings. The molecule has 1 atom stereocenters. The molecule has 4 heterocycles. The molecule has 36 heavy (non-hydrogen) atoms. The molecule has 0 saturated carbocycles. The van der Waals surface area contributed by atoms with Crippen molar-refractivity contribution in [3.63, 3.8) is 0 Å². The first-order chi connectivity index (χ1) is 17.4. The van der Waals surface area contributed by atoms with Crippen LogP contribution in [0.2, 0.25) is 25.7 Å². The quantitative estimate of drug-likeness (QED) is 0.246. The lowest BCUT2D eigenvalue weighted by molar-refractivity contribution is -0.0394. The number of carbonyl (C=O) groups excluding carboxylic acids is 1. The fourth-order valence-corrected chi connectivity index (χ4v) is 4.99. The van der Waals surface area contributed by atoms with Crippen LogP contribution in [0.3, 0.4) is 0 Å². The van der Waals surface area contributed by atoms with Gasteiger partial charge in [-0.15, -0.1) is 0 Å². The highest BCUT2D eigenvalue weighted by atomic mass is 28.3. The Bertz CT molecular complexity index is 1320. The molecule has 2 N–H and O–H groups in total. The molecule has 1 saturated heterocycles. The molecule has 1 unspecified atom stereocenters. The van der Waals surface area contributed by atoms with E-state index in [-0.39, 0.29) is 18.9 Å². The SMILES string of the molecule is C[Si](C)(C)CCOCn1nc(C(=O)Nc2cn[nH]c2)c2ccc(-c3cnn(C4CCCCO4)c3)cc21. The first-order valence-corrected chi connectivity index (χ1v) is 16.1. The lowest BCUT2D eigenvalue weighted by atomic mass is 10.1. The minimum atomic E-state index is -1.21. The van der Waals surface area contributed by atoms with Gasteiger partial charge in [0.1, 0.15) is 13.0 Å². The Morgan fingerprint density at radius 2 is 2.14 bits per heavy atom. The van der Waals surface area contributed by atoms with E-state index in [0.29, 0.717) is 18.0 Å². The summed E-state index contributed by atoms with van der Waals surface area (Å²) >= 11 is 0. The number of hydrogen-bond acceptors (Lipinski definition) is 6. The lowest BCUT2D eigenvalue weighted by Gasteiger charge is -2.22. The van der Waals surface area contributed by atoms with E-state index >= 15 is 0 Å². The number of carbonyl (C=O) groups is 1. The van der Waals surface area contributed by atoms with Gasteiger partial charge >= 0.3 is 0 Å². The summed E-state index contributed by atoms with van der Waals surface area (Å²) in [7, 11) is -1.21. The van der Waals surface area contributed by atoms with Crippen molar-refractivity contribution < 1.29 is 14.3 Å². The molecule has 1 aromatic carbocycles. The van der Waals surface area contributed by atoms with Crippen molar-refractivity contribution in [3.05, 3.63) is 48.7 Å². The molecular weight excluding hydrogens is 474 g/mol. The maximum atomic E-state index is 13.0. The second kappa shape index (κ2) is 10.4. The van der Waals surface area contributed by atoms with Crippen molar-refractivity contribution in [2.45, 2.75) is 57.9 Å². The Balaban J connectivity index is 1.43. The Morgan fingerprint density at radius 1 is 1.25 bits per heavy atom. The van der Waals surface area contributed by atoms with Gasteiger partial charge in [-0.3, -0.25) is 9.89 Å². The number of anilines is 1. The van der Waals surface area contributed by atoms with Gasteiger partial charge in [0.05, 0.1) is 23.6 Å². The first kappa shape index (κ1) is 24.4. The van der Waals surface area contributed by atoms with Gasteiger partial charge in [0.2, 0.25) is 0 Å². The van der Waals surface area contributed by atoms with Crippen LogP contribution in [0.15, 0.2) is 43.0 Å². The summed E-state index contributed by atoms with van der Waals surface area (Å²) in [6.07, 6.45) is 10.3. The Labute approximate surface area is 211 Å². The van der Waals surface area contributed by atoms with Crippen LogP contribution in [-0.4, -0.2) is 57.0 Å². The highest BCUT2D eigenvalue weighted by molar-refractivity contribution is 6.76. The predicted molar refractivity (Wildman–Crippen MR) is 140 cm³/mol. The molecule has 5 rings (SSSR count). The third kappa shape index (κ3) is 5.58. The van der Waals surface area contributed by atoms with Gasteiger partial charge in [-0.05, 0) is 43.0 Å². The van der Waals surface area contributed by atoms with Crippen molar-refractivity contribution in [2.24, 2.45) is 0 Å². The second-order valence-electron chi connectivity index (χ2n) is 10.4. The minimum Gasteiger partial charge on any atom is -0.360 e. The van der Waals surface area contributed by atoms with Crippen molar-refractivity contribution >= 4 is 30.6 Å². The molecule has 1 aliphatic heterocycles. The third-order valence-electron chi connectivity index (χ3n) is 6.32. The zero-order valence-electron chi connectivity index (χ0n) is 21.0. The molecule has 0 spiro atoms. The molecule has 0 aliphatic carbocycles. The smallest absolute Gasteiger partial charge is 0.276 e. The summed E-state index contributed by atoms with van der Waals surface area (Å²) in [6, 6.07) is 7.04. The zero-order chi connectivity index (χ0) is 25.1. The van der Waals surface area contributed by atoms with Gasteiger partial charge in [-0.25, -0.2) is 9.36 Å². The molecule has 0 radical (unpaired) electrons. The van der Waals surface area contributed by atoms with Crippen LogP contribution in [0.5, 0.6) is 0 Å². The van der Waals surface area contributed by atoms with E-state index in [9.17, 15) is 4.79 Å². The molecule has 4 aromatic rings. The number of aromatic amines is 1. The van der Waals surface area contributed by atoms with Gasteiger partial charge in [0, 0.05) is 44.6 Å². The maximum absolute atomic E-state index is 13.0. The summed E-state index contributed by atoms with van der Waals surface area (Å²) in [6.45, 7) is 8.68. The second-order valence-corrected chi connectivity index (χ2v) is 16.0. The maximum Gasteiger partial charge on any atom is 0.276 e. The first-order valence-electron chi connectivity index (χ1n) is 12.4. The number of H-pyrrole nitrogens is 1. The highest BCUT2D eigenvalue weighted by Gasteiger charge is 2.21. The largest absolute Gasteiger partial charge is 0.360 e. The number of nitrogens with one attached hydrogen (secondary N) is 2. The van der Waals surface area contributed by atoms with E-state index < -0.39 is 8.07 Å². The molecule has 1 aliphatic rings. The topological polar surface area (TPSA) is 112 Å². The van der Waals surface area contributed by atoms with E-state index in [1.165, 1.54) is 0 Å². The Morgan fingerprint density at radius 3 is 2.89 bits per heavy atom. The zero-order valence-corrected chi connectivity index (χ0v) is 22.0. The summed E-state index contributed by atoms with van der Waals surface area (Å²) in [5, 5.41) is 19.4. The van der Waals surface area contributed by atoms with Gasteiger partial charge in [-0.2, -0.15) is 15.3 Å². The average Bonchev–Trinajstić information content (AvgIpc) is 3.62. The monoisotopic (exact) mass is 507 g/mol. The molecule has 190 valence electrons. The Hall–Kier alpha value is -3.28. The molecular formula is C25H33N7O3Si. The number of hydrogen-bond donors (Lipinski definition) is 2. The van der Waals surface area contributed by atoms with Crippen LogP contribution >= 0.6 is 0 Å². The number of ether oxygens (including phenoxy) is 2. The number of amides is 1. The summed E-state index contributed by atoms with van der Waals surface area (Å²) in [5.41, 5.74) is 3.75. The predicted octanol–water partition coefficient (Wildman–Crippen LogP) is 4.89. The van der Waals surface area contributed by atoms with Crippen LogP contribution in [0.4, 0.5) is 5.69 Å². The van der Waals surface area contributed by atoms with E-state index in [0.717, 1.165) is 53.9 Å². The average molecular weight is 508 g/mol. The van der Waals surface area contributed by atoms with Crippen LogP contribution in [0.1, 0.15) is 36.0 Å². The fraction of sp³-hybridized carbons (Fsp3) is 0.440. The van der Waals surface area contributed by atoms with E-state index in [1.807, 2.05) is 35.3 Å². The van der Waals surface area contributed by atoms with Crippen molar-refractivity contribution in [1.82, 2.24) is 29.8 Å². The number of nitrogens with zero attached hydrogens (tertiary/aromatic N) is 5. The van der Waals surface area contributed by atoms with Crippen LogP contribution in [0.25, 0.3) is 22.0 Å². The van der Waals surface area contributed by atoms with Crippen molar-refractivity contribution in [2.75, 3.05) is 18.5 Å². The number of fused-ring (bicyclic) bond motifs is 1. The standard InChI is InChI=1S/C25H33N7O3Si/c1-36(2,3)11-10-34-17-32-22-12-18(19-13-28-31(16-19)23-6-4-5-9-35-23)7-8-21(22)24(30-32)25(33)29-20-14-26-27-15-20/h7-8,12-16,23H,4-6,9-11,17H2,1-3H3,(H,26,27)(H,29,33). The number of benzene rings is 1. The van der Waals surface area contributed by atoms with Crippen LogP contribution < -0.4 is 5.32 Å². The number of aromatic nitrogens is 6. The molecule has 11 heteroatoms. The lowest BCUT2D eigenvalue weighted by Crippen LogP contribution is -2.22. The molecule has 1 amide bonds. The van der Waals surface area contributed by atoms with Crippen LogP contribution in [-0.2, 0) is 16.2 Å². The van der Waals surface area contributed by atoms with E-state index in [4.69, 9.17) is 9.47 Å². The van der Waals surface area contributed by atoms with E-state index in [1.54, 1.807) is 17.1 Å². The molecule has 3 aromatic heterocycles. The number of rotatable bonds is 9. The minimum absolute atomic E-state index is 0.0141.